The molecule has 18 rings (SSSR count). The molecule has 0 aromatic carbocycles. The third kappa shape index (κ3) is 27.6. The summed E-state index contributed by atoms with van der Waals surface area (Å²) in [5, 5.41) is 0. The minimum atomic E-state index is 0. The highest BCUT2D eigenvalue weighted by Crippen LogP contribution is 2.53. The molecule has 0 heterocycles. The molecule has 0 nitrogen and oxygen atoms in total. The molecular formula is C94H184. The summed E-state index contributed by atoms with van der Waals surface area (Å²) in [7, 11) is 0. The van der Waals surface area contributed by atoms with Crippen LogP contribution >= 0.6 is 0 Å². The number of hydrogen-bond acceptors (Lipinski definition) is 0. The molecule has 0 radical (unpaired) electrons. The molecule has 28 atom stereocenters. The number of rotatable bonds is 1. The molecule has 0 aliphatic heterocycles. The van der Waals surface area contributed by atoms with Crippen molar-refractivity contribution in [2.75, 3.05) is 0 Å². The van der Waals surface area contributed by atoms with E-state index in [0.717, 1.165) is 178 Å². The Bertz CT molecular complexity index is 1770. The van der Waals surface area contributed by atoms with Gasteiger partial charge >= 0.3 is 0 Å². The smallest absolute Gasteiger partial charge is 0.0199 e. The summed E-state index contributed by atoms with van der Waals surface area (Å²) in [6.07, 6.45) is 62.0. The average molecular weight is 1310 g/mol. The molecule has 0 unspecified atom stereocenters. The van der Waals surface area contributed by atoms with Crippen molar-refractivity contribution in [3.63, 3.8) is 0 Å². The molecule has 0 heteroatoms. The Morgan fingerprint density at radius 1 is 0.202 bits per heavy atom. The molecule has 0 saturated heterocycles. The van der Waals surface area contributed by atoms with Gasteiger partial charge in [0, 0.05) is 0 Å². The molecule has 11 fully saturated rings. The summed E-state index contributed by atoms with van der Waals surface area (Å²) in [4.78, 5) is 0. The maximum absolute atomic E-state index is 2.46. The van der Waals surface area contributed by atoms with Gasteiger partial charge in [0.1, 0.15) is 0 Å². The third-order valence-corrected chi connectivity index (χ3v) is 29.8. The van der Waals surface area contributed by atoms with Crippen LogP contribution in [0.1, 0.15) is 365 Å². The van der Waals surface area contributed by atoms with E-state index in [9.17, 15) is 0 Å². The van der Waals surface area contributed by atoms with Crippen LogP contribution in [0.25, 0.3) is 0 Å². The van der Waals surface area contributed by atoms with E-state index in [1.165, 1.54) is 161 Å². The van der Waals surface area contributed by atoms with Crippen molar-refractivity contribution in [3.8, 4) is 0 Å². The summed E-state index contributed by atoms with van der Waals surface area (Å²) in [6.45, 7) is 47.5. The predicted octanol–water partition coefficient (Wildman–Crippen LogP) is 32.0. The van der Waals surface area contributed by atoms with Crippen molar-refractivity contribution in [2.24, 2.45) is 178 Å². The van der Waals surface area contributed by atoms with Gasteiger partial charge in [0.05, 0.1) is 0 Å². The maximum Gasteiger partial charge on any atom is -0.0199 e. The highest BCUT2D eigenvalue weighted by Gasteiger charge is 2.43. The van der Waals surface area contributed by atoms with E-state index in [-0.39, 0.29) is 59.4 Å². The van der Waals surface area contributed by atoms with E-state index in [4.69, 9.17) is 0 Å². The van der Waals surface area contributed by atoms with Gasteiger partial charge in [-0.3, -0.25) is 0 Å². The lowest BCUT2D eigenvalue weighted by atomic mass is 9.60. The van der Waals surface area contributed by atoms with Crippen LogP contribution in [-0.4, -0.2) is 0 Å². The first-order valence-electron chi connectivity index (χ1n) is 39.4. The molecule has 560 valence electrons. The molecule has 11 saturated carbocycles. The average Bonchev–Trinajstić information content (AvgIpc) is 0.894. The van der Waals surface area contributed by atoms with Crippen LogP contribution in [-0.2, 0) is 0 Å². The highest BCUT2D eigenvalue weighted by molar-refractivity contribution is 5.13. The Labute approximate surface area is 599 Å². The summed E-state index contributed by atoms with van der Waals surface area (Å²) in [6, 6.07) is 0. The van der Waals surface area contributed by atoms with Crippen molar-refractivity contribution < 1.29 is 0 Å². The molecule has 0 amide bonds. The molecule has 0 spiro atoms. The largest absolute Gasteiger partial charge is 0.0883 e. The molecule has 18 aliphatic rings. The normalized spacial score (nSPS) is 43.2. The van der Waals surface area contributed by atoms with Crippen LogP contribution in [0, 0.1) is 178 Å². The van der Waals surface area contributed by atoms with Gasteiger partial charge in [-0.25, -0.2) is 0 Å². The standard InChI is InChI=1S/C10H18.2C10H16.C9H16.2C9H14.C9H18.C8H16.C8H14.C4H10.8CH4/c3*1-7-8(2)10-5-3-9(7)4-6-10;3*1-6-7(2)9-4-3-8(6)5-9;1-8-6-4-3-5-7-9(8)2;2*1-7-5-3-4-6-8(7)2;1-3-4-2;;;;;;;;/h7-10H,3-6H2,1-2H3;2*3,5,7-10H,4,6H2,1-2H3;6-9H,3-5H2,1-2H3;2*3-4,6-9H,5H2,1-2H3;8-9H,3-7H2,1-2H3;7-8H,3-6H2,1-2H3;3-4,7-8H,5-6H2,1-2H3;3-4H2,1-2H3;8*1H4/t7-,8-,9?,10?;2*7-,8-,9-,10+;3*6-,7-,8-,9+;8-,9-;2*7-,8-;;;;;;;;;/m111111000........./s1. The van der Waals surface area contributed by atoms with Gasteiger partial charge in [0.15, 0.2) is 0 Å². The Kier molecular flexibility index (Phi) is 50.0. The maximum atomic E-state index is 2.46. The van der Waals surface area contributed by atoms with Gasteiger partial charge in [-0.05, 0) is 274 Å². The highest BCUT2D eigenvalue weighted by atomic mass is 14.5. The van der Waals surface area contributed by atoms with Gasteiger partial charge in [-0.15, -0.1) is 0 Å². The second-order valence-electron chi connectivity index (χ2n) is 34.5. The predicted molar refractivity (Wildman–Crippen MR) is 438 cm³/mol. The minimum Gasteiger partial charge on any atom is -0.0883 e. The van der Waals surface area contributed by atoms with E-state index < -0.39 is 0 Å². The Hall–Kier alpha value is -1.30. The first kappa shape index (κ1) is 96.9. The number of hydrogen-bond donors (Lipinski definition) is 0. The van der Waals surface area contributed by atoms with Gasteiger partial charge in [0.2, 0.25) is 0 Å². The van der Waals surface area contributed by atoms with Crippen LogP contribution in [0.3, 0.4) is 0 Å². The summed E-state index contributed by atoms with van der Waals surface area (Å²) in [5.74, 6) is 29.4. The minimum absolute atomic E-state index is 0. The SMILES string of the molecule is C.C.C.C.C.C.C.C.CCCC.C[C@@H]1[C@@H](C)[C@H]2C=C[C@@H]1C2.C[C@@H]1[C@@H](C)[C@H]2C=C[C@@H]1C2.C[C@@H]1[C@@H](C)[C@H]2C=C[C@@H]1CC2.C[C@@H]1[C@@H](C)[C@H]2C=C[C@@H]1CC2.C[C@H]1C2CCC(CC2)[C@@H]1C.C[C@H]1CC=CC[C@@H]1C.C[C@H]1CCCCC[C@@H]1C.C[C@H]1CCCC[C@@H]1C.C[C@H]1[C@@H]2CC[C@@H](C2)[C@@H]1C. The lowest BCUT2D eigenvalue weighted by Gasteiger charge is -2.46. The van der Waals surface area contributed by atoms with Crippen molar-refractivity contribution in [1.82, 2.24) is 0 Å². The van der Waals surface area contributed by atoms with Gasteiger partial charge in [-0.1, -0.05) is 329 Å². The van der Waals surface area contributed by atoms with Crippen molar-refractivity contribution >= 4 is 0 Å². The lowest BCUT2D eigenvalue weighted by molar-refractivity contribution is 0.0455. The second-order valence-corrected chi connectivity index (χ2v) is 34.5. The Morgan fingerprint density at radius 2 is 0.404 bits per heavy atom. The van der Waals surface area contributed by atoms with E-state index >= 15 is 0 Å². The van der Waals surface area contributed by atoms with Crippen molar-refractivity contribution in [2.45, 2.75) is 365 Å². The van der Waals surface area contributed by atoms with Gasteiger partial charge in [0.25, 0.3) is 0 Å². The first-order valence-corrected chi connectivity index (χ1v) is 39.4. The molecule has 94 heavy (non-hydrogen) atoms. The fourth-order valence-corrected chi connectivity index (χ4v) is 19.9. The molecular weight excluding hydrogens is 1130 g/mol. The Balaban J connectivity index is -0.000000975. The molecule has 18 aliphatic carbocycles. The van der Waals surface area contributed by atoms with Crippen molar-refractivity contribution in [3.05, 3.63) is 60.8 Å². The topological polar surface area (TPSA) is 0 Å². The molecule has 0 N–H and O–H groups in total. The van der Waals surface area contributed by atoms with Crippen LogP contribution in [0.2, 0.25) is 0 Å². The van der Waals surface area contributed by atoms with Crippen LogP contribution < -0.4 is 0 Å². The summed E-state index contributed by atoms with van der Waals surface area (Å²) >= 11 is 0. The lowest BCUT2D eigenvalue weighted by Crippen LogP contribution is -2.36. The van der Waals surface area contributed by atoms with Crippen LogP contribution in [0.5, 0.6) is 0 Å². The molecule has 0 aromatic heterocycles. The quantitative estimate of drug-likeness (QED) is 0.181. The fourth-order valence-electron chi connectivity index (χ4n) is 19.9. The number of allylic oxidation sites excluding steroid dienone is 10. The fraction of sp³-hybridized carbons (Fsp3) is 0.894. The van der Waals surface area contributed by atoms with Gasteiger partial charge in [-0.2, -0.15) is 0 Å². The van der Waals surface area contributed by atoms with E-state index in [1.54, 1.807) is 6.42 Å². The van der Waals surface area contributed by atoms with Gasteiger partial charge < -0.3 is 0 Å². The number of fused-ring (bicyclic) bond motifs is 13. The first-order chi connectivity index (χ1) is 41.1. The van der Waals surface area contributed by atoms with E-state index in [2.05, 4.69) is 199 Å². The number of unbranched alkanes of at least 4 members (excludes halogenated alkanes) is 1. The zero-order valence-corrected chi connectivity index (χ0v) is 61.5. The summed E-state index contributed by atoms with van der Waals surface area (Å²) < 4.78 is 0. The van der Waals surface area contributed by atoms with Crippen LogP contribution in [0.4, 0.5) is 0 Å². The van der Waals surface area contributed by atoms with Crippen LogP contribution in [0.15, 0.2) is 60.8 Å². The van der Waals surface area contributed by atoms with E-state index in [0.29, 0.717) is 0 Å². The zero-order valence-electron chi connectivity index (χ0n) is 61.5. The second kappa shape index (κ2) is 48.5. The van der Waals surface area contributed by atoms with E-state index in [1.807, 2.05) is 0 Å². The summed E-state index contributed by atoms with van der Waals surface area (Å²) in [5.41, 5.74) is 0. The third-order valence-electron chi connectivity index (χ3n) is 29.8. The molecule has 0 aromatic rings. The zero-order chi connectivity index (χ0) is 62.8. The monoisotopic (exact) mass is 1310 g/mol. The molecule has 12 bridgehead atoms. The van der Waals surface area contributed by atoms with Crippen molar-refractivity contribution in [1.29, 1.82) is 0 Å². The Morgan fingerprint density at radius 3 is 0.564 bits per heavy atom.